The molecule has 0 aliphatic rings. The maximum Gasteiger partial charge on any atom is 0.341 e. The fourth-order valence-corrected chi connectivity index (χ4v) is 1.47. The summed E-state index contributed by atoms with van der Waals surface area (Å²) in [6.45, 7) is 0. The number of esters is 1. The van der Waals surface area contributed by atoms with Crippen molar-refractivity contribution in [2.24, 2.45) is 7.05 Å². The number of nitrogens with two attached hydrogens (primary N) is 1. The van der Waals surface area contributed by atoms with E-state index in [0.717, 1.165) is 5.69 Å². The molecule has 2 heterocycles. The highest BCUT2D eigenvalue weighted by Gasteiger charge is 2.14. The largest absolute Gasteiger partial charge is 0.465 e. The van der Waals surface area contributed by atoms with Gasteiger partial charge in [-0.2, -0.15) is 5.10 Å². The summed E-state index contributed by atoms with van der Waals surface area (Å²) in [5, 5.41) is 7.00. The van der Waals surface area contributed by atoms with Gasteiger partial charge < -0.3 is 15.8 Å². The Labute approximate surface area is 104 Å². The number of nitrogen functional groups attached to an aromatic ring is 1. The summed E-state index contributed by atoms with van der Waals surface area (Å²) in [5.41, 5.74) is 7.00. The number of pyridine rings is 1. The number of hydrogen-bond donors (Lipinski definition) is 2. The molecule has 0 aromatic carbocycles. The summed E-state index contributed by atoms with van der Waals surface area (Å²) < 4.78 is 6.32. The van der Waals surface area contributed by atoms with Gasteiger partial charge in [-0.05, 0) is 6.07 Å². The molecule has 0 aliphatic carbocycles. The molecule has 0 bridgehead atoms. The molecule has 94 valence electrons. The average Bonchev–Trinajstić information content (AvgIpc) is 2.76. The van der Waals surface area contributed by atoms with Crippen LogP contribution in [0.2, 0.25) is 0 Å². The Morgan fingerprint density at radius 3 is 2.89 bits per heavy atom. The van der Waals surface area contributed by atoms with E-state index in [2.05, 4.69) is 20.1 Å². The van der Waals surface area contributed by atoms with Gasteiger partial charge in [0.05, 0.1) is 30.9 Å². The van der Waals surface area contributed by atoms with Crippen LogP contribution in [0.25, 0.3) is 0 Å². The van der Waals surface area contributed by atoms with Crippen LogP contribution < -0.4 is 11.1 Å². The van der Waals surface area contributed by atoms with Gasteiger partial charge in [-0.25, -0.2) is 9.78 Å². The first-order chi connectivity index (χ1) is 8.60. The second kappa shape index (κ2) is 4.74. The molecule has 2 aromatic rings. The maximum atomic E-state index is 11.6. The second-order valence-corrected chi connectivity index (χ2v) is 3.68. The van der Waals surface area contributed by atoms with E-state index in [-0.39, 0.29) is 5.56 Å². The number of hydrogen-bond acceptors (Lipinski definition) is 6. The molecule has 0 atom stereocenters. The molecule has 2 rings (SSSR count). The van der Waals surface area contributed by atoms with Crippen molar-refractivity contribution in [1.82, 2.24) is 14.8 Å². The first-order valence-corrected chi connectivity index (χ1v) is 5.19. The monoisotopic (exact) mass is 247 g/mol. The third-order valence-electron chi connectivity index (χ3n) is 2.28. The van der Waals surface area contributed by atoms with Crippen molar-refractivity contribution >= 4 is 23.2 Å². The van der Waals surface area contributed by atoms with Gasteiger partial charge in [-0.3, -0.25) is 4.68 Å². The molecule has 0 fully saturated rings. The Balaban J connectivity index is 2.35. The predicted molar refractivity (Wildman–Crippen MR) is 66.5 cm³/mol. The summed E-state index contributed by atoms with van der Waals surface area (Å²) in [6, 6.07) is 1.51. The number of methoxy groups -OCH3 is 1. The fourth-order valence-electron chi connectivity index (χ4n) is 1.47. The van der Waals surface area contributed by atoms with Gasteiger partial charge in [0.1, 0.15) is 11.4 Å². The van der Waals surface area contributed by atoms with E-state index in [1.165, 1.54) is 19.4 Å². The maximum absolute atomic E-state index is 11.6. The van der Waals surface area contributed by atoms with E-state index < -0.39 is 5.97 Å². The van der Waals surface area contributed by atoms with E-state index in [4.69, 9.17) is 5.73 Å². The lowest BCUT2D eigenvalue weighted by Gasteiger charge is -2.08. The Bertz CT molecular complexity index is 579. The van der Waals surface area contributed by atoms with Gasteiger partial charge >= 0.3 is 5.97 Å². The topological polar surface area (TPSA) is 95.1 Å². The lowest BCUT2D eigenvalue weighted by molar-refractivity contribution is 0.0601. The zero-order valence-electron chi connectivity index (χ0n) is 10.0. The van der Waals surface area contributed by atoms with E-state index in [1.807, 2.05) is 0 Å². The minimum Gasteiger partial charge on any atom is -0.465 e. The first kappa shape index (κ1) is 11.9. The molecule has 0 aliphatic heterocycles. The zero-order valence-corrected chi connectivity index (χ0v) is 10.0. The van der Waals surface area contributed by atoms with Crippen LogP contribution in [0, 0.1) is 0 Å². The van der Waals surface area contributed by atoms with Crippen LogP contribution in [0.4, 0.5) is 17.2 Å². The molecule has 0 amide bonds. The lowest BCUT2D eigenvalue weighted by atomic mass is 10.2. The van der Waals surface area contributed by atoms with Crippen molar-refractivity contribution < 1.29 is 9.53 Å². The van der Waals surface area contributed by atoms with Gasteiger partial charge in [0.25, 0.3) is 0 Å². The molecular formula is C11H13N5O2. The van der Waals surface area contributed by atoms with Crippen molar-refractivity contribution in [2.45, 2.75) is 0 Å². The lowest BCUT2D eigenvalue weighted by Crippen LogP contribution is -2.08. The number of aryl methyl sites for hydroxylation is 1. The predicted octanol–water partition coefficient (Wildman–Crippen LogP) is 0.927. The van der Waals surface area contributed by atoms with Gasteiger partial charge in [0, 0.05) is 13.2 Å². The summed E-state index contributed by atoms with van der Waals surface area (Å²) in [6.07, 6.45) is 4.85. The summed E-state index contributed by atoms with van der Waals surface area (Å²) in [5.74, 6) is -0.120. The van der Waals surface area contributed by atoms with Gasteiger partial charge in [0.2, 0.25) is 0 Å². The Morgan fingerprint density at radius 2 is 2.28 bits per heavy atom. The van der Waals surface area contributed by atoms with E-state index >= 15 is 0 Å². The zero-order chi connectivity index (χ0) is 13.1. The molecule has 0 spiro atoms. The summed E-state index contributed by atoms with van der Waals surface area (Å²) in [7, 11) is 3.10. The minimum absolute atomic E-state index is 0.279. The molecule has 0 saturated heterocycles. The molecule has 0 unspecified atom stereocenters. The average molecular weight is 247 g/mol. The van der Waals surface area contributed by atoms with E-state index in [1.54, 1.807) is 24.1 Å². The number of carbonyl (C=O) groups excluding carboxylic acids is 1. The molecule has 0 radical (unpaired) electrons. The molecule has 7 nitrogen and oxygen atoms in total. The van der Waals surface area contributed by atoms with Crippen LogP contribution in [-0.4, -0.2) is 27.8 Å². The minimum atomic E-state index is -0.499. The highest BCUT2D eigenvalue weighted by Crippen LogP contribution is 2.20. The number of aromatic nitrogens is 3. The van der Waals surface area contributed by atoms with E-state index in [0.29, 0.717) is 11.5 Å². The summed E-state index contributed by atoms with van der Waals surface area (Å²) in [4.78, 5) is 15.7. The summed E-state index contributed by atoms with van der Waals surface area (Å²) >= 11 is 0. The normalized spacial score (nSPS) is 10.1. The highest BCUT2D eigenvalue weighted by atomic mass is 16.5. The first-order valence-electron chi connectivity index (χ1n) is 5.19. The van der Waals surface area contributed by atoms with Crippen LogP contribution in [0.15, 0.2) is 24.7 Å². The van der Waals surface area contributed by atoms with Crippen molar-refractivity contribution in [3.63, 3.8) is 0 Å². The number of anilines is 3. The number of nitrogens with one attached hydrogen (secondary N) is 1. The highest BCUT2D eigenvalue weighted by molar-refractivity contribution is 5.96. The number of nitrogens with zero attached hydrogens (tertiary/aromatic N) is 3. The van der Waals surface area contributed by atoms with Crippen LogP contribution >= 0.6 is 0 Å². The van der Waals surface area contributed by atoms with Gasteiger partial charge in [0.15, 0.2) is 0 Å². The quantitative estimate of drug-likeness (QED) is 0.783. The smallest absolute Gasteiger partial charge is 0.341 e. The van der Waals surface area contributed by atoms with E-state index in [9.17, 15) is 4.79 Å². The van der Waals surface area contributed by atoms with Crippen LogP contribution in [0.3, 0.4) is 0 Å². The Hall–Kier alpha value is -2.57. The van der Waals surface area contributed by atoms with Crippen molar-refractivity contribution in [3.8, 4) is 0 Å². The number of carbonyl (C=O) groups is 1. The molecule has 18 heavy (non-hydrogen) atoms. The van der Waals surface area contributed by atoms with Crippen molar-refractivity contribution in [3.05, 3.63) is 30.2 Å². The van der Waals surface area contributed by atoms with Crippen molar-refractivity contribution in [1.29, 1.82) is 0 Å². The van der Waals surface area contributed by atoms with Crippen molar-refractivity contribution in [2.75, 3.05) is 18.2 Å². The molecule has 2 aromatic heterocycles. The second-order valence-electron chi connectivity index (χ2n) is 3.68. The van der Waals surface area contributed by atoms with Gasteiger partial charge in [-0.1, -0.05) is 0 Å². The third kappa shape index (κ3) is 2.40. The number of ether oxygens (including phenoxy) is 1. The molecule has 7 heteroatoms. The Morgan fingerprint density at radius 1 is 1.50 bits per heavy atom. The third-order valence-corrected chi connectivity index (χ3v) is 2.28. The van der Waals surface area contributed by atoms with Crippen LogP contribution in [0.1, 0.15) is 10.4 Å². The van der Waals surface area contributed by atoms with Crippen LogP contribution in [-0.2, 0) is 11.8 Å². The fraction of sp³-hybridized carbons (Fsp3) is 0.182. The molecular weight excluding hydrogens is 234 g/mol. The van der Waals surface area contributed by atoms with Gasteiger partial charge in [-0.15, -0.1) is 0 Å². The number of rotatable bonds is 3. The molecule has 0 saturated carbocycles. The SMILES string of the molecule is COC(=O)c1cc(N)cnc1Nc1cnn(C)c1. The molecule has 3 N–H and O–H groups in total. The van der Waals surface area contributed by atoms with Crippen LogP contribution in [0.5, 0.6) is 0 Å². The standard InChI is InChI=1S/C11H13N5O2/c1-16-6-8(5-14-16)15-10-9(11(17)18-2)3-7(12)4-13-10/h3-6H,12H2,1-2H3,(H,13,15). The Kier molecular flexibility index (Phi) is 3.13.